The number of carbonyl (C=O) groups is 1. The number of rotatable bonds is 5. The van der Waals surface area contributed by atoms with Gasteiger partial charge in [0.15, 0.2) is 17.6 Å². The minimum Gasteiger partial charge on any atom is -0.504 e. The smallest absolute Gasteiger partial charge is 0.273 e. The number of amides is 1. The summed E-state index contributed by atoms with van der Waals surface area (Å²) in [6.07, 6.45) is -0.0368. The number of aliphatic hydroxyl groups is 1. The summed E-state index contributed by atoms with van der Waals surface area (Å²) >= 11 is 0. The Morgan fingerprint density at radius 2 is 1.95 bits per heavy atom. The van der Waals surface area contributed by atoms with Crippen LogP contribution in [0.1, 0.15) is 17.2 Å². The minimum atomic E-state index is -1.31. The van der Waals surface area contributed by atoms with Gasteiger partial charge in [-0.25, -0.2) is 5.43 Å². The highest BCUT2D eigenvalue weighted by Crippen LogP contribution is 2.27. The molecule has 2 aromatic carbocycles. The average Bonchev–Trinajstić information content (AvgIpc) is 2.56. The number of nitrogens with one attached hydrogen (secondary N) is 1. The molecule has 0 spiro atoms. The fourth-order valence-electron chi connectivity index (χ4n) is 1.82. The highest BCUT2D eigenvalue weighted by molar-refractivity contribution is 5.87. The molecule has 0 aliphatic heterocycles. The van der Waals surface area contributed by atoms with Crippen molar-refractivity contribution >= 4 is 12.1 Å². The Labute approximate surface area is 127 Å². The summed E-state index contributed by atoms with van der Waals surface area (Å²) in [5.74, 6) is -0.434. The first-order valence-electron chi connectivity index (χ1n) is 6.55. The first-order valence-corrected chi connectivity index (χ1v) is 6.55. The van der Waals surface area contributed by atoms with Crippen molar-refractivity contribution in [2.24, 2.45) is 5.10 Å². The molecule has 0 bridgehead atoms. The summed E-state index contributed by atoms with van der Waals surface area (Å²) in [6.45, 7) is 0. The molecule has 0 aliphatic rings. The zero-order chi connectivity index (χ0) is 15.9. The van der Waals surface area contributed by atoms with Crippen LogP contribution in [0.5, 0.6) is 11.5 Å². The highest BCUT2D eigenvalue weighted by atomic mass is 16.5. The molecule has 0 aromatic heterocycles. The van der Waals surface area contributed by atoms with Gasteiger partial charge in [-0.3, -0.25) is 4.79 Å². The Morgan fingerprint density at radius 1 is 1.23 bits per heavy atom. The number of carbonyl (C=O) groups excluding carboxylic acids is 1. The van der Waals surface area contributed by atoms with Crippen LogP contribution in [0.15, 0.2) is 53.6 Å². The van der Waals surface area contributed by atoms with Crippen molar-refractivity contribution in [3.63, 3.8) is 0 Å². The number of aliphatic hydroxyl groups excluding tert-OH is 1. The molecule has 1 amide bonds. The molecule has 0 radical (unpaired) electrons. The number of aromatic hydroxyl groups is 1. The van der Waals surface area contributed by atoms with Gasteiger partial charge in [0.2, 0.25) is 0 Å². The van der Waals surface area contributed by atoms with E-state index in [1.165, 1.54) is 13.3 Å². The molecule has 0 unspecified atom stereocenters. The van der Waals surface area contributed by atoms with Crippen LogP contribution < -0.4 is 10.2 Å². The van der Waals surface area contributed by atoms with E-state index in [0.29, 0.717) is 16.9 Å². The summed E-state index contributed by atoms with van der Waals surface area (Å²) in [7, 11) is 1.44. The summed E-state index contributed by atoms with van der Waals surface area (Å²) < 4.78 is 4.97. The molecule has 6 heteroatoms. The number of phenolic OH excluding ortho intramolecular Hbond substituents is 1. The van der Waals surface area contributed by atoms with Crippen molar-refractivity contribution in [2.75, 3.05) is 7.11 Å². The predicted octanol–water partition coefficient (Wildman–Crippen LogP) is 1.58. The molecule has 0 saturated carbocycles. The summed E-state index contributed by atoms with van der Waals surface area (Å²) in [5.41, 5.74) is 3.08. The standard InChI is InChI=1S/C16H16N2O4/c1-22-13-9-5-8-12(14(13)19)10-17-18-16(21)15(20)11-6-3-2-4-7-11/h2-10,15,19-20H,1H3,(H,18,21)/b17-10+/t15-/m0/s1. The molecule has 2 rings (SSSR count). The van der Waals surface area contributed by atoms with E-state index in [0.717, 1.165) is 0 Å². The van der Waals surface area contributed by atoms with E-state index >= 15 is 0 Å². The van der Waals surface area contributed by atoms with Gasteiger partial charge >= 0.3 is 0 Å². The largest absolute Gasteiger partial charge is 0.504 e. The zero-order valence-electron chi connectivity index (χ0n) is 11.9. The Hall–Kier alpha value is -2.86. The topological polar surface area (TPSA) is 91.2 Å². The maximum atomic E-state index is 11.8. The van der Waals surface area contributed by atoms with E-state index < -0.39 is 12.0 Å². The first-order chi connectivity index (χ1) is 10.6. The third-order valence-electron chi connectivity index (χ3n) is 2.99. The van der Waals surface area contributed by atoms with Crippen molar-refractivity contribution in [2.45, 2.75) is 6.10 Å². The van der Waals surface area contributed by atoms with Crippen LogP contribution in [-0.2, 0) is 4.79 Å². The van der Waals surface area contributed by atoms with E-state index in [1.54, 1.807) is 48.5 Å². The SMILES string of the molecule is COc1cccc(/C=N/NC(=O)[C@@H](O)c2ccccc2)c1O. The second-order valence-corrected chi connectivity index (χ2v) is 4.45. The summed E-state index contributed by atoms with van der Waals surface area (Å²) in [4.78, 5) is 11.8. The second-order valence-electron chi connectivity index (χ2n) is 4.45. The van der Waals surface area contributed by atoms with Crippen molar-refractivity contribution in [3.05, 3.63) is 59.7 Å². The molecule has 0 saturated heterocycles. The third kappa shape index (κ3) is 3.62. The highest BCUT2D eigenvalue weighted by Gasteiger charge is 2.16. The molecule has 3 N–H and O–H groups in total. The van der Waals surface area contributed by atoms with Crippen LogP contribution >= 0.6 is 0 Å². The minimum absolute atomic E-state index is 0.0772. The van der Waals surface area contributed by atoms with Crippen molar-refractivity contribution in [1.82, 2.24) is 5.43 Å². The monoisotopic (exact) mass is 300 g/mol. The third-order valence-corrected chi connectivity index (χ3v) is 2.99. The van der Waals surface area contributed by atoms with E-state index in [-0.39, 0.29) is 5.75 Å². The van der Waals surface area contributed by atoms with E-state index in [2.05, 4.69) is 10.5 Å². The molecule has 0 heterocycles. The number of ether oxygens (including phenoxy) is 1. The van der Waals surface area contributed by atoms with E-state index in [9.17, 15) is 15.0 Å². The van der Waals surface area contributed by atoms with Crippen LogP contribution in [0.3, 0.4) is 0 Å². The lowest BCUT2D eigenvalue weighted by molar-refractivity contribution is -0.129. The zero-order valence-corrected chi connectivity index (χ0v) is 11.9. The fraction of sp³-hybridized carbons (Fsp3) is 0.125. The van der Waals surface area contributed by atoms with Gasteiger partial charge < -0.3 is 14.9 Å². The van der Waals surface area contributed by atoms with Gasteiger partial charge in [-0.1, -0.05) is 36.4 Å². The lowest BCUT2D eigenvalue weighted by Crippen LogP contribution is -2.25. The Balaban J connectivity index is 2.02. The number of methoxy groups -OCH3 is 1. The summed E-state index contributed by atoms with van der Waals surface area (Å²) in [5, 5.41) is 23.5. The first kappa shape index (κ1) is 15.5. The molecule has 1 atom stereocenters. The molecule has 114 valence electrons. The van der Waals surface area contributed by atoms with Crippen LogP contribution in [0.2, 0.25) is 0 Å². The van der Waals surface area contributed by atoms with Gasteiger partial charge in [0.25, 0.3) is 5.91 Å². The predicted molar refractivity (Wildman–Crippen MR) is 81.8 cm³/mol. The van der Waals surface area contributed by atoms with Crippen LogP contribution in [-0.4, -0.2) is 29.4 Å². The number of para-hydroxylation sites is 1. The Morgan fingerprint density at radius 3 is 2.64 bits per heavy atom. The van der Waals surface area contributed by atoms with Gasteiger partial charge in [0, 0.05) is 5.56 Å². The second kappa shape index (κ2) is 7.24. The van der Waals surface area contributed by atoms with Gasteiger partial charge in [-0.2, -0.15) is 5.10 Å². The maximum absolute atomic E-state index is 11.8. The molecule has 2 aromatic rings. The molecular formula is C16H16N2O4. The normalized spacial score (nSPS) is 12.1. The Kier molecular flexibility index (Phi) is 5.11. The number of benzene rings is 2. The lowest BCUT2D eigenvalue weighted by atomic mass is 10.1. The number of phenols is 1. The van der Waals surface area contributed by atoms with Crippen LogP contribution in [0.25, 0.3) is 0 Å². The lowest BCUT2D eigenvalue weighted by Gasteiger charge is -2.08. The van der Waals surface area contributed by atoms with E-state index in [4.69, 9.17) is 4.74 Å². The van der Waals surface area contributed by atoms with Crippen molar-refractivity contribution in [1.29, 1.82) is 0 Å². The number of hydrogen-bond acceptors (Lipinski definition) is 5. The molecule has 0 fully saturated rings. The van der Waals surface area contributed by atoms with Gasteiger partial charge in [-0.15, -0.1) is 0 Å². The van der Waals surface area contributed by atoms with Crippen LogP contribution in [0, 0.1) is 0 Å². The van der Waals surface area contributed by atoms with Crippen molar-refractivity contribution < 1.29 is 19.7 Å². The maximum Gasteiger partial charge on any atom is 0.273 e. The molecule has 6 nitrogen and oxygen atoms in total. The Bertz CT molecular complexity index is 671. The quantitative estimate of drug-likeness (QED) is 0.577. The fourth-order valence-corrected chi connectivity index (χ4v) is 1.82. The van der Waals surface area contributed by atoms with Crippen molar-refractivity contribution in [3.8, 4) is 11.5 Å². The summed E-state index contributed by atoms with van der Waals surface area (Å²) in [6, 6.07) is 13.4. The van der Waals surface area contributed by atoms with Gasteiger partial charge in [0.05, 0.1) is 13.3 Å². The molecule has 0 aliphatic carbocycles. The van der Waals surface area contributed by atoms with Crippen LogP contribution in [0.4, 0.5) is 0 Å². The number of hydrogen-bond donors (Lipinski definition) is 3. The van der Waals surface area contributed by atoms with Gasteiger partial charge in [0.1, 0.15) is 0 Å². The molecule has 22 heavy (non-hydrogen) atoms. The number of hydrazone groups is 1. The molecular weight excluding hydrogens is 284 g/mol. The van der Waals surface area contributed by atoms with E-state index in [1.807, 2.05) is 0 Å². The average molecular weight is 300 g/mol. The van der Waals surface area contributed by atoms with Gasteiger partial charge in [-0.05, 0) is 17.7 Å². The number of nitrogens with zero attached hydrogens (tertiary/aromatic N) is 1.